The topological polar surface area (TPSA) is 33.5 Å². The highest BCUT2D eigenvalue weighted by Crippen LogP contribution is 2.38. The van der Waals surface area contributed by atoms with Crippen LogP contribution >= 0.6 is 24.0 Å². The van der Waals surface area contributed by atoms with Crippen LogP contribution in [0.3, 0.4) is 0 Å². The van der Waals surface area contributed by atoms with Crippen LogP contribution in [0.4, 0.5) is 4.39 Å². The second kappa shape index (κ2) is 6.77. The fourth-order valence-electron chi connectivity index (χ4n) is 3.31. The van der Waals surface area contributed by atoms with E-state index >= 15 is 0 Å². The Morgan fingerprint density at radius 2 is 2.04 bits per heavy atom. The molecule has 0 bridgehead atoms. The van der Waals surface area contributed by atoms with Crippen molar-refractivity contribution in [3.05, 3.63) is 52.9 Å². The van der Waals surface area contributed by atoms with Gasteiger partial charge in [0.2, 0.25) is 0 Å². The smallest absolute Gasteiger partial charge is 0.266 e. The Labute approximate surface area is 154 Å². The summed E-state index contributed by atoms with van der Waals surface area (Å²) in [6, 6.07) is 10.0. The molecule has 0 spiro atoms. The molecule has 4 rings (SSSR count). The number of furan rings is 1. The van der Waals surface area contributed by atoms with Gasteiger partial charge in [-0.2, -0.15) is 0 Å². The van der Waals surface area contributed by atoms with Crippen molar-refractivity contribution < 1.29 is 13.6 Å². The minimum Gasteiger partial charge on any atom is -0.457 e. The predicted octanol–water partition coefficient (Wildman–Crippen LogP) is 5.23. The van der Waals surface area contributed by atoms with Crippen LogP contribution in [0, 0.1) is 5.82 Å². The van der Waals surface area contributed by atoms with Crippen LogP contribution in [0.1, 0.15) is 31.4 Å². The number of benzene rings is 1. The summed E-state index contributed by atoms with van der Waals surface area (Å²) in [5.41, 5.74) is 0.665. The van der Waals surface area contributed by atoms with E-state index in [1.54, 1.807) is 35.2 Å². The Balaban J connectivity index is 1.57. The molecule has 2 aromatic rings. The SMILES string of the molecule is O=C1C(=Cc2ccc(-c3cccc(F)c3)o2)SC(=S)N1C1CCCC1. The van der Waals surface area contributed by atoms with Crippen LogP contribution in [0.15, 0.2) is 45.7 Å². The van der Waals surface area contributed by atoms with Gasteiger partial charge in [-0.15, -0.1) is 0 Å². The van der Waals surface area contributed by atoms with Gasteiger partial charge in [0.15, 0.2) is 0 Å². The molecule has 1 saturated heterocycles. The van der Waals surface area contributed by atoms with Crippen LogP contribution in [0.25, 0.3) is 17.4 Å². The highest BCUT2D eigenvalue weighted by Gasteiger charge is 2.38. The molecule has 2 heterocycles. The quantitative estimate of drug-likeness (QED) is 0.545. The van der Waals surface area contributed by atoms with Gasteiger partial charge < -0.3 is 4.42 Å². The maximum Gasteiger partial charge on any atom is 0.266 e. The lowest BCUT2D eigenvalue weighted by Crippen LogP contribution is -2.36. The van der Waals surface area contributed by atoms with E-state index in [0.717, 1.165) is 25.7 Å². The van der Waals surface area contributed by atoms with Crippen LogP contribution in [0.2, 0.25) is 0 Å². The van der Waals surface area contributed by atoms with E-state index in [-0.39, 0.29) is 17.8 Å². The molecule has 3 nitrogen and oxygen atoms in total. The summed E-state index contributed by atoms with van der Waals surface area (Å²) in [7, 11) is 0. The van der Waals surface area contributed by atoms with Crippen molar-refractivity contribution in [3.63, 3.8) is 0 Å². The average Bonchev–Trinajstić information content (AvgIpc) is 3.30. The Bertz CT molecular complexity index is 868. The first-order chi connectivity index (χ1) is 12.1. The first-order valence-corrected chi connectivity index (χ1v) is 9.47. The van der Waals surface area contributed by atoms with Crippen molar-refractivity contribution in [2.45, 2.75) is 31.7 Å². The van der Waals surface area contributed by atoms with Gasteiger partial charge in [-0.3, -0.25) is 9.69 Å². The van der Waals surface area contributed by atoms with Gasteiger partial charge in [-0.1, -0.05) is 49.0 Å². The molecule has 0 atom stereocenters. The third kappa shape index (κ3) is 3.28. The van der Waals surface area contributed by atoms with Gasteiger partial charge >= 0.3 is 0 Å². The summed E-state index contributed by atoms with van der Waals surface area (Å²) in [4.78, 5) is 15.0. The predicted molar refractivity (Wildman–Crippen MR) is 101 cm³/mol. The normalized spacial score (nSPS) is 20.2. The van der Waals surface area contributed by atoms with Crippen LogP contribution in [0.5, 0.6) is 0 Å². The van der Waals surface area contributed by atoms with Gasteiger partial charge in [0.25, 0.3) is 5.91 Å². The number of carbonyl (C=O) groups excluding carboxylic acids is 1. The molecule has 0 N–H and O–H groups in total. The van der Waals surface area contributed by atoms with Gasteiger partial charge in [-0.05, 0) is 37.1 Å². The Morgan fingerprint density at radius 3 is 2.80 bits per heavy atom. The number of carbonyl (C=O) groups is 1. The highest BCUT2D eigenvalue weighted by atomic mass is 32.2. The van der Waals surface area contributed by atoms with Gasteiger partial charge in [0.05, 0.1) is 4.91 Å². The molecular weight excluding hydrogens is 357 g/mol. The van der Waals surface area contributed by atoms with Gasteiger partial charge in [0.1, 0.15) is 21.7 Å². The molecule has 0 radical (unpaired) electrons. The van der Waals surface area contributed by atoms with Crippen molar-refractivity contribution >= 4 is 40.3 Å². The molecule has 2 aliphatic rings. The number of nitrogens with zero attached hydrogens (tertiary/aromatic N) is 1. The summed E-state index contributed by atoms with van der Waals surface area (Å²) in [6.07, 6.45) is 6.05. The number of halogens is 1. The minimum absolute atomic E-state index is 0.0365. The van der Waals surface area contributed by atoms with E-state index in [1.807, 2.05) is 0 Å². The Kier molecular flexibility index (Phi) is 4.48. The summed E-state index contributed by atoms with van der Waals surface area (Å²) >= 11 is 6.72. The number of rotatable bonds is 3. The average molecular weight is 373 g/mol. The largest absolute Gasteiger partial charge is 0.457 e. The molecular formula is C19H16FNO2S2. The lowest BCUT2D eigenvalue weighted by Gasteiger charge is -2.21. The second-order valence-electron chi connectivity index (χ2n) is 6.20. The van der Waals surface area contributed by atoms with Crippen molar-refractivity contribution in [1.82, 2.24) is 4.90 Å². The van der Waals surface area contributed by atoms with Crippen molar-refractivity contribution in [1.29, 1.82) is 0 Å². The summed E-state index contributed by atoms with van der Waals surface area (Å²) in [6.45, 7) is 0. The molecule has 1 aromatic carbocycles. The lowest BCUT2D eigenvalue weighted by atomic mass is 10.2. The molecule has 1 aliphatic carbocycles. The molecule has 1 aliphatic heterocycles. The van der Waals surface area contributed by atoms with E-state index < -0.39 is 0 Å². The van der Waals surface area contributed by atoms with Crippen LogP contribution in [-0.2, 0) is 4.79 Å². The Hall–Kier alpha value is -1.92. The molecule has 6 heteroatoms. The van der Waals surface area contributed by atoms with Gasteiger partial charge in [-0.25, -0.2) is 4.39 Å². The fraction of sp³-hybridized carbons (Fsp3) is 0.263. The van der Waals surface area contributed by atoms with Crippen molar-refractivity contribution in [2.75, 3.05) is 0 Å². The van der Waals surface area contributed by atoms with Crippen molar-refractivity contribution in [3.8, 4) is 11.3 Å². The number of thioether (sulfide) groups is 1. The highest BCUT2D eigenvalue weighted by molar-refractivity contribution is 8.26. The monoisotopic (exact) mass is 373 g/mol. The maximum atomic E-state index is 13.4. The third-order valence-corrected chi connectivity index (χ3v) is 5.85. The second-order valence-corrected chi connectivity index (χ2v) is 7.88. The van der Waals surface area contributed by atoms with E-state index in [0.29, 0.717) is 26.3 Å². The number of thiocarbonyl (C=S) groups is 1. The summed E-state index contributed by atoms with van der Waals surface area (Å²) in [5, 5.41) is 0. The molecule has 1 aromatic heterocycles. The number of amides is 1. The molecule has 128 valence electrons. The van der Waals surface area contributed by atoms with Gasteiger partial charge in [0, 0.05) is 17.7 Å². The first-order valence-electron chi connectivity index (χ1n) is 8.25. The van der Waals surface area contributed by atoms with E-state index in [9.17, 15) is 9.18 Å². The lowest BCUT2D eigenvalue weighted by molar-refractivity contribution is -0.123. The molecule has 2 fully saturated rings. The van der Waals surface area contributed by atoms with E-state index in [4.69, 9.17) is 16.6 Å². The van der Waals surface area contributed by atoms with Crippen molar-refractivity contribution in [2.24, 2.45) is 0 Å². The van der Waals surface area contributed by atoms with Crippen LogP contribution < -0.4 is 0 Å². The molecule has 25 heavy (non-hydrogen) atoms. The zero-order chi connectivity index (χ0) is 17.4. The number of hydrogen-bond donors (Lipinski definition) is 0. The van der Waals surface area contributed by atoms with E-state index in [2.05, 4.69) is 0 Å². The van der Waals surface area contributed by atoms with E-state index in [1.165, 1.54) is 23.9 Å². The third-order valence-electron chi connectivity index (χ3n) is 4.52. The molecule has 1 saturated carbocycles. The molecule has 1 amide bonds. The number of hydrogen-bond acceptors (Lipinski definition) is 4. The minimum atomic E-state index is -0.312. The first kappa shape index (κ1) is 16.5. The zero-order valence-electron chi connectivity index (χ0n) is 13.4. The maximum absolute atomic E-state index is 13.4. The Morgan fingerprint density at radius 1 is 1.24 bits per heavy atom. The zero-order valence-corrected chi connectivity index (χ0v) is 15.0. The standard InChI is InChI=1S/C19H16FNO2S2/c20-13-5-3-4-12(10-13)16-9-8-15(23-16)11-17-18(22)21(19(24)25-17)14-6-1-2-7-14/h3-5,8-11,14H,1-2,6-7H2. The molecule has 0 unspecified atom stereocenters. The fourth-order valence-corrected chi connectivity index (χ4v) is 4.69. The summed E-state index contributed by atoms with van der Waals surface area (Å²) < 4.78 is 19.7. The van der Waals surface area contributed by atoms with Crippen LogP contribution in [-0.4, -0.2) is 21.2 Å². The summed E-state index contributed by atoms with van der Waals surface area (Å²) in [5.74, 6) is 0.779.